The molecule has 3 aliphatic rings. The average molecular weight is 247 g/mol. The Balaban J connectivity index is 1.90. The molecule has 2 unspecified atom stereocenters. The highest BCUT2D eigenvalue weighted by Gasteiger charge is 2.69. The average Bonchev–Trinajstić information content (AvgIpc) is 2.95. The lowest BCUT2D eigenvalue weighted by Gasteiger charge is -2.50. The third-order valence-electron chi connectivity index (χ3n) is 4.53. The lowest BCUT2D eigenvalue weighted by atomic mass is 9.82. The van der Waals surface area contributed by atoms with Crippen LogP contribution in [0.15, 0.2) is 0 Å². The van der Waals surface area contributed by atoms with Crippen LogP contribution in [0.25, 0.3) is 0 Å². The second kappa shape index (κ2) is 3.46. The molecular formula is C12H16F3NO. The zero-order valence-corrected chi connectivity index (χ0v) is 9.59. The van der Waals surface area contributed by atoms with Crippen LogP contribution >= 0.6 is 0 Å². The Labute approximate surface area is 98.2 Å². The molecule has 3 fully saturated rings. The van der Waals surface area contributed by atoms with E-state index in [4.69, 9.17) is 0 Å². The van der Waals surface area contributed by atoms with Gasteiger partial charge in [0.1, 0.15) is 11.3 Å². The Kier molecular flexibility index (Phi) is 2.35. The number of rotatable bonds is 1. The fraction of sp³-hybridized carbons (Fsp3) is 0.917. The molecule has 0 spiro atoms. The molecule has 0 aromatic rings. The van der Waals surface area contributed by atoms with E-state index in [9.17, 15) is 18.0 Å². The summed E-state index contributed by atoms with van der Waals surface area (Å²) >= 11 is 0. The van der Waals surface area contributed by atoms with Gasteiger partial charge >= 0.3 is 6.18 Å². The summed E-state index contributed by atoms with van der Waals surface area (Å²) in [4.78, 5) is 13.2. The molecule has 1 aliphatic carbocycles. The van der Waals surface area contributed by atoms with Gasteiger partial charge in [0.25, 0.3) is 0 Å². The molecule has 0 radical (unpaired) electrons. The molecule has 1 saturated carbocycles. The Morgan fingerprint density at radius 2 is 1.65 bits per heavy atom. The van der Waals surface area contributed by atoms with Gasteiger partial charge in [-0.05, 0) is 25.7 Å². The van der Waals surface area contributed by atoms with Crippen molar-refractivity contribution in [2.45, 2.75) is 68.7 Å². The van der Waals surface area contributed by atoms with Gasteiger partial charge in [0.15, 0.2) is 0 Å². The minimum atomic E-state index is -4.14. The SMILES string of the molecule is O=C1CC2CCCC(C1)N2C1(C(F)(F)F)CC1. The number of alkyl halides is 3. The van der Waals surface area contributed by atoms with Crippen molar-refractivity contribution < 1.29 is 18.0 Å². The van der Waals surface area contributed by atoms with Gasteiger partial charge in [0, 0.05) is 24.9 Å². The van der Waals surface area contributed by atoms with Crippen LogP contribution < -0.4 is 0 Å². The van der Waals surface area contributed by atoms with Crippen LogP contribution in [0.5, 0.6) is 0 Å². The number of piperidine rings is 2. The van der Waals surface area contributed by atoms with Crippen molar-refractivity contribution in [2.24, 2.45) is 0 Å². The minimum absolute atomic E-state index is 0.147. The van der Waals surface area contributed by atoms with E-state index in [1.165, 1.54) is 0 Å². The summed E-state index contributed by atoms with van der Waals surface area (Å²) in [6, 6.07) is -0.307. The highest BCUT2D eigenvalue weighted by atomic mass is 19.4. The molecule has 3 rings (SSSR count). The maximum atomic E-state index is 13.2. The van der Waals surface area contributed by atoms with Crippen LogP contribution in [0.1, 0.15) is 44.9 Å². The summed E-state index contributed by atoms with van der Waals surface area (Å²) in [6.07, 6.45) is -0.577. The lowest BCUT2D eigenvalue weighted by Crippen LogP contribution is -2.62. The van der Waals surface area contributed by atoms with E-state index < -0.39 is 11.7 Å². The van der Waals surface area contributed by atoms with Gasteiger partial charge in [-0.25, -0.2) is 0 Å². The molecule has 2 aliphatic heterocycles. The van der Waals surface area contributed by atoms with Crippen molar-refractivity contribution in [1.29, 1.82) is 0 Å². The standard InChI is InChI=1S/C12H16F3NO/c13-12(14,15)11(4-5-11)16-8-2-1-3-9(16)7-10(17)6-8/h8-9H,1-7H2. The van der Waals surface area contributed by atoms with E-state index >= 15 is 0 Å². The fourth-order valence-electron chi connectivity index (χ4n) is 3.68. The molecule has 2 atom stereocenters. The Bertz CT molecular complexity index is 332. The summed E-state index contributed by atoms with van der Waals surface area (Å²) < 4.78 is 39.5. The number of carbonyl (C=O) groups is 1. The van der Waals surface area contributed by atoms with Crippen LogP contribution in [-0.2, 0) is 4.79 Å². The molecule has 2 bridgehead atoms. The Morgan fingerprint density at radius 3 is 2.06 bits per heavy atom. The number of ketones is 1. The molecular weight excluding hydrogens is 231 g/mol. The highest BCUT2D eigenvalue weighted by Crippen LogP contribution is 2.57. The first kappa shape index (κ1) is 11.5. The molecule has 0 N–H and O–H groups in total. The van der Waals surface area contributed by atoms with E-state index in [2.05, 4.69) is 0 Å². The normalized spacial score (nSPS) is 37.0. The largest absolute Gasteiger partial charge is 0.406 e. The van der Waals surface area contributed by atoms with Crippen molar-refractivity contribution in [2.75, 3.05) is 0 Å². The summed E-state index contributed by atoms with van der Waals surface area (Å²) in [5, 5.41) is 0. The topological polar surface area (TPSA) is 20.3 Å². The van der Waals surface area contributed by atoms with Crippen molar-refractivity contribution >= 4 is 5.78 Å². The Hall–Kier alpha value is -0.580. The predicted molar refractivity (Wildman–Crippen MR) is 55.5 cm³/mol. The zero-order chi connectivity index (χ0) is 12.3. The molecule has 2 nitrogen and oxygen atoms in total. The fourth-order valence-corrected chi connectivity index (χ4v) is 3.68. The van der Waals surface area contributed by atoms with Crippen LogP contribution in [-0.4, -0.2) is 34.5 Å². The van der Waals surface area contributed by atoms with Gasteiger partial charge in [0.2, 0.25) is 0 Å². The first-order valence-corrected chi connectivity index (χ1v) is 6.31. The number of Topliss-reactive ketones (excluding diaryl/α,β-unsaturated/α-hetero) is 1. The van der Waals surface area contributed by atoms with E-state index in [1.54, 1.807) is 4.90 Å². The van der Waals surface area contributed by atoms with Crippen molar-refractivity contribution in [3.05, 3.63) is 0 Å². The number of fused-ring (bicyclic) bond motifs is 2. The second-order valence-electron chi connectivity index (χ2n) is 5.62. The first-order valence-electron chi connectivity index (χ1n) is 6.31. The smallest absolute Gasteiger partial charge is 0.300 e. The minimum Gasteiger partial charge on any atom is -0.300 e. The quantitative estimate of drug-likeness (QED) is 0.710. The molecule has 96 valence electrons. The van der Waals surface area contributed by atoms with Crippen LogP contribution in [0.3, 0.4) is 0 Å². The van der Waals surface area contributed by atoms with Gasteiger partial charge in [-0.15, -0.1) is 0 Å². The van der Waals surface area contributed by atoms with Crippen LogP contribution in [0, 0.1) is 0 Å². The van der Waals surface area contributed by atoms with Crippen molar-refractivity contribution in [3.63, 3.8) is 0 Å². The number of halogens is 3. The van der Waals surface area contributed by atoms with Gasteiger partial charge in [0.05, 0.1) is 0 Å². The second-order valence-corrected chi connectivity index (χ2v) is 5.62. The maximum absolute atomic E-state index is 13.2. The molecule has 2 saturated heterocycles. The van der Waals surface area contributed by atoms with Crippen molar-refractivity contribution in [3.8, 4) is 0 Å². The van der Waals surface area contributed by atoms with Gasteiger partial charge < -0.3 is 0 Å². The Morgan fingerprint density at radius 1 is 1.12 bits per heavy atom. The van der Waals surface area contributed by atoms with E-state index in [0.717, 1.165) is 19.3 Å². The number of hydrogen-bond acceptors (Lipinski definition) is 2. The number of carbonyl (C=O) groups excluding carboxylic acids is 1. The summed E-state index contributed by atoms with van der Waals surface area (Å²) in [5.41, 5.74) is -1.58. The van der Waals surface area contributed by atoms with Gasteiger partial charge in [-0.3, -0.25) is 9.69 Å². The third kappa shape index (κ3) is 1.62. The molecule has 5 heteroatoms. The van der Waals surface area contributed by atoms with Crippen LogP contribution in [0.4, 0.5) is 13.2 Å². The molecule has 17 heavy (non-hydrogen) atoms. The predicted octanol–water partition coefficient (Wildman–Crippen LogP) is 2.67. The van der Waals surface area contributed by atoms with Crippen molar-refractivity contribution in [1.82, 2.24) is 4.90 Å². The number of hydrogen-bond donors (Lipinski definition) is 0. The first-order chi connectivity index (χ1) is 7.94. The summed E-state index contributed by atoms with van der Waals surface area (Å²) in [7, 11) is 0. The zero-order valence-electron chi connectivity index (χ0n) is 9.59. The molecule has 0 amide bonds. The van der Waals surface area contributed by atoms with E-state index in [1.807, 2.05) is 0 Å². The van der Waals surface area contributed by atoms with E-state index in [-0.39, 0.29) is 30.7 Å². The molecule has 0 aromatic carbocycles. The van der Waals surface area contributed by atoms with Gasteiger partial charge in [-0.2, -0.15) is 13.2 Å². The summed E-state index contributed by atoms with van der Waals surface area (Å²) in [6.45, 7) is 0. The number of nitrogens with zero attached hydrogens (tertiary/aromatic N) is 1. The maximum Gasteiger partial charge on any atom is 0.406 e. The molecule has 2 heterocycles. The summed E-state index contributed by atoms with van der Waals surface area (Å²) in [5.74, 6) is 0.147. The van der Waals surface area contributed by atoms with Crippen LogP contribution in [0.2, 0.25) is 0 Å². The highest BCUT2D eigenvalue weighted by molar-refractivity contribution is 5.80. The lowest BCUT2D eigenvalue weighted by molar-refractivity contribution is -0.218. The monoisotopic (exact) mass is 247 g/mol. The van der Waals surface area contributed by atoms with Gasteiger partial charge in [-0.1, -0.05) is 6.42 Å². The molecule has 0 aromatic heterocycles. The third-order valence-corrected chi connectivity index (χ3v) is 4.53. The van der Waals surface area contributed by atoms with E-state index in [0.29, 0.717) is 12.8 Å².